The number of anilines is 1. The first-order valence-electron chi connectivity index (χ1n) is 15.2. The number of rotatable bonds is 12. The van der Waals surface area contributed by atoms with E-state index in [0.29, 0.717) is 16.2 Å². The molecule has 2 fully saturated rings. The number of aromatic nitrogens is 4. The molecule has 3 aromatic heterocycles. The summed E-state index contributed by atoms with van der Waals surface area (Å²) in [5.41, 5.74) is 10.3. The molecule has 0 saturated heterocycles. The molecule has 0 spiro atoms. The minimum Gasteiger partial charge on any atom is -0.456 e. The number of aliphatic hydroxyl groups is 1. The van der Waals surface area contributed by atoms with Crippen molar-refractivity contribution < 1.29 is 38.1 Å². The molecule has 2 saturated carbocycles. The third-order valence-corrected chi connectivity index (χ3v) is 9.49. The fraction of sp³-hybridized carbons (Fsp3) is 0.500. The first-order chi connectivity index (χ1) is 23.4. The van der Waals surface area contributed by atoms with Crippen molar-refractivity contribution >= 4 is 52.1 Å². The summed E-state index contributed by atoms with van der Waals surface area (Å²) in [7, 11) is 5.94. The molecule has 262 valence electrons. The van der Waals surface area contributed by atoms with Gasteiger partial charge in [-0.1, -0.05) is 11.3 Å². The van der Waals surface area contributed by atoms with Crippen molar-refractivity contribution in [2.45, 2.75) is 30.9 Å². The molecule has 5 rings (SSSR count). The Kier molecular flexibility index (Phi) is 10.4. The topological polar surface area (TPSA) is 233 Å². The van der Waals surface area contributed by atoms with E-state index in [1.54, 1.807) is 11.6 Å². The lowest BCUT2D eigenvalue weighted by atomic mass is 9.97. The largest absolute Gasteiger partial charge is 0.456 e. The zero-order chi connectivity index (χ0) is 35.6. The van der Waals surface area contributed by atoms with Gasteiger partial charge in [0, 0.05) is 33.6 Å². The highest BCUT2D eigenvalue weighted by Gasteiger charge is 2.78. The van der Waals surface area contributed by atoms with E-state index in [0.717, 1.165) is 16.2 Å². The highest BCUT2D eigenvalue weighted by atomic mass is 32.1. The summed E-state index contributed by atoms with van der Waals surface area (Å²) in [5, 5.41) is 15.3. The second kappa shape index (κ2) is 14.4. The minimum atomic E-state index is -1.30. The summed E-state index contributed by atoms with van der Waals surface area (Å²) in [6.45, 7) is -1.33. The molecule has 2 amide bonds. The van der Waals surface area contributed by atoms with Gasteiger partial charge in [-0.3, -0.25) is 24.1 Å². The SMILES string of the molecule is CNC(=O)[C@@]12CC1[C@@H](n1cnc3c(NC)nc(C#Cc4ccc(F)s4)nc31)[C@H](OC(=O)CN(C)C(=O)CN)[C@@H]2OC(=O)CN(C)C(O)CN. The molecule has 0 aromatic carbocycles. The van der Waals surface area contributed by atoms with Crippen LogP contribution in [0.3, 0.4) is 0 Å². The van der Waals surface area contributed by atoms with Gasteiger partial charge in [0.25, 0.3) is 0 Å². The van der Waals surface area contributed by atoms with Crippen molar-refractivity contribution in [3.63, 3.8) is 0 Å². The third kappa shape index (κ3) is 6.91. The van der Waals surface area contributed by atoms with E-state index >= 15 is 0 Å². The lowest BCUT2D eigenvalue weighted by molar-refractivity contribution is -0.176. The number of esters is 2. The fourth-order valence-corrected chi connectivity index (χ4v) is 6.78. The van der Waals surface area contributed by atoms with Gasteiger partial charge in [0.15, 0.2) is 34.3 Å². The van der Waals surface area contributed by atoms with Gasteiger partial charge in [-0.2, -0.15) is 4.39 Å². The summed E-state index contributed by atoms with van der Waals surface area (Å²) in [6.07, 6.45) is -1.95. The number of hydrogen-bond donors (Lipinski definition) is 5. The van der Waals surface area contributed by atoms with Crippen LogP contribution in [0.2, 0.25) is 0 Å². The Hall–Kier alpha value is -4.74. The lowest BCUT2D eigenvalue weighted by Gasteiger charge is -2.32. The summed E-state index contributed by atoms with van der Waals surface area (Å²) < 4.78 is 27.1. The molecule has 17 nitrogen and oxygen atoms in total. The number of carbonyl (C=O) groups excluding carboxylic acids is 4. The van der Waals surface area contributed by atoms with Crippen LogP contribution in [0.25, 0.3) is 11.2 Å². The van der Waals surface area contributed by atoms with Crippen LogP contribution in [0.4, 0.5) is 10.2 Å². The third-order valence-electron chi connectivity index (χ3n) is 8.70. The van der Waals surface area contributed by atoms with Crippen LogP contribution in [0.1, 0.15) is 23.2 Å². The van der Waals surface area contributed by atoms with Gasteiger partial charge in [0.05, 0.1) is 35.8 Å². The van der Waals surface area contributed by atoms with Gasteiger partial charge in [0.1, 0.15) is 12.8 Å². The zero-order valence-electron chi connectivity index (χ0n) is 27.2. The first-order valence-corrected chi connectivity index (χ1v) is 16.0. The Morgan fingerprint density at radius 3 is 2.53 bits per heavy atom. The Labute approximate surface area is 284 Å². The smallest absolute Gasteiger partial charge is 0.326 e. The number of carbonyl (C=O) groups is 4. The molecule has 2 aliphatic carbocycles. The Morgan fingerprint density at radius 1 is 1.16 bits per heavy atom. The number of nitrogens with two attached hydrogens (primary N) is 2. The van der Waals surface area contributed by atoms with E-state index < -0.39 is 71.2 Å². The van der Waals surface area contributed by atoms with Gasteiger partial charge in [-0.15, -0.1) is 0 Å². The molecule has 49 heavy (non-hydrogen) atoms. The van der Waals surface area contributed by atoms with Crippen LogP contribution in [0.15, 0.2) is 18.5 Å². The van der Waals surface area contributed by atoms with Gasteiger partial charge in [-0.25, -0.2) is 15.0 Å². The van der Waals surface area contributed by atoms with E-state index in [4.69, 9.17) is 20.9 Å². The highest BCUT2D eigenvalue weighted by molar-refractivity contribution is 7.10. The second-order valence-electron chi connectivity index (χ2n) is 11.7. The minimum absolute atomic E-state index is 0.0821. The molecule has 3 heterocycles. The van der Waals surface area contributed by atoms with E-state index in [2.05, 4.69) is 37.4 Å². The number of hydrogen-bond acceptors (Lipinski definition) is 15. The molecular formula is C30H37FN10O7S. The lowest BCUT2D eigenvalue weighted by Crippen LogP contribution is -2.49. The van der Waals surface area contributed by atoms with E-state index in [1.807, 2.05) is 0 Å². The fourth-order valence-electron chi connectivity index (χ4n) is 6.20. The molecule has 3 aromatic rings. The number of nitrogens with zero attached hydrogens (tertiary/aromatic N) is 6. The molecule has 7 N–H and O–H groups in total. The number of likely N-dealkylation sites (N-methyl/N-ethyl adjacent to an activating group) is 2. The molecule has 2 unspecified atom stereocenters. The van der Waals surface area contributed by atoms with Gasteiger partial charge < -0.3 is 46.1 Å². The Morgan fingerprint density at radius 2 is 1.90 bits per heavy atom. The molecule has 0 bridgehead atoms. The molecule has 0 aliphatic heterocycles. The average molecular weight is 701 g/mol. The number of aliphatic hydroxyl groups excluding tert-OH is 1. The molecule has 0 radical (unpaired) electrons. The van der Waals surface area contributed by atoms with Crippen LogP contribution >= 0.6 is 11.3 Å². The second-order valence-corrected chi connectivity index (χ2v) is 12.7. The number of nitrogens with one attached hydrogen (secondary N) is 2. The van der Waals surface area contributed by atoms with Crippen LogP contribution < -0.4 is 22.1 Å². The van der Waals surface area contributed by atoms with Gasteiger partial charge >= 0.3 is 11.9 Å². The van der Waals surface area contributed by atoms with Crippen molar-refractivity contribution in [3.8, 4) is 11.8 Å². The quantitative estimate of drug-likeness (QED) is 0.0799. The zero-order valence-corrected chi connectivity index (χ0v) is 28.0. The highest BCUT2D eigenvalue weighted by Crippen LogP contribution is 2.69. The number of thiophene rings is 1. The predicted octanol–water partition coefficient (Wildman–Crippen LogP) is -1.77. The maximum atomic E-state index is 13.6. The standard InChI is InChI=1S/C30H37FN10O7S/c1-34-27-23-28(38-18(37-27)8-6-15-5-7-17(31)49-15)41(14-36-23)24-16-9-30(16,29(46)35-2)26(48-22(45)13-40(4)20(43)11-33)25(24)47-21(44)12-39(3)19(42)10-32/h5,7,14,16,20,24-26,43H,9-13,32-33H2,1-4H3,(H,35,46)(H,34,37,38)/t16?,20?,24-,25+,26+,30+/m1/s1. The Bertz CT molecular complexity index is 1820. The predicted molar refractivity (Wildman–Crippen MR) is 173 cm³/mol. The van der Waals surface area contributed by atoms with Crippen LogP contribution in [0, 0.1) is 28.3 Å². The van der Waals surface area contributed by atoms with Crippen LogP contribution in [-0.4, -0.2) is 131 Å². The summed E-state index contributed by atoms with van der Waals surface area (Å²) in [4.78, 5) is 68.7. The monoisotopic (exact) mass is 700 g/mol. The number of fused-ring (bicyclic) bond motifs is 2. The van der Waals surface area contributed by atoms with E-state index in [1.165, 1.54) is 44.5 Å². The van der Waals surface area contributed by atoms with Crippen molar-refractivity contribution in [3.05, 3.63) is 34.3 Å². The van der Waals surface area contributed by atoms with E-state index in [9.17, 15) is 28.7 Å². The molecule has 19 heteroatoms. The van der Waals surface area contributed by atoms with Crippen molar-refractivity contribution in [1.82, 2.24) is 34.6 Å². The summed E-state index contributed by atoms with van der Waals surface area (Å²) in [5.74, 6) is 2.99. The normalized spacial score (nSPS) is 22.9. The maximum Gasteiger partial charge on any atom is 0.326 e. The number of amides is 2. The van der Waals surface area contributed by atoms with Crippen molar-refractivity contribution in [2.24, 2.45) is 22.8 Å². The summed E-state index contributed by atoms with van der Waals surface area (Å²) in [6, 6.07) is 2.00. The number of imidazole rings is 1. The molecular weight excluding hydrogens is 663 g/mol. The van der Waals surface area contributed by atoms with Crippen LogP contribution in [-0.2, 0) is 28.7 Å². The average Bonchev–Trinajstić information content (AvgIpc) is 3.31. The summed E-state index contributed by atoms with van der Waals surface area (Å²) >= 11 is 0.869. The van der Waals surface area contributed by atoms with Crippen molar-refractivity contribution in [2.75, 3.05) is 59.7 Å². The van der Waals surface area contributed by atoms with Crippen molar-refractivity contribution in [1.29, 1.82) is 0 Å². The van der Waals surface area contributed by atoms with Gasteiger partial charge in [0.2, 0.25) is 17.6 Å². The molecule has 6 atom stereocenters. The number of halogens is 1. The first kappa shape index (κ1) is 35.6. The van der Waals surface area contributed by atoms with E-state index in [-0.39, 0.29) is 37.5 Å². The van der Waals surface area contributed by atoms with Crippen LogP contribution in [0.5, 0.6) is 0 Å². The Balaban J connectivity index is 1.58. The number of ether oxygens (including phenoxy) is 2. The maximum absolute atomic E-state index is 13.6. The van der Waals surface area contributed by atoms with Gasteiger partial charge in [-0.05, 0) is 37.4 Å². The molecule has 2 aliphatic rings.